The van der Waals surface area contributed by atoms with Crippen LogP contribution in [0.1, 0.15) is 16.7 Å². The van der Waals surface area contributed by atoms with E-state index in [0.717, 1.165) is 0 Å². The van der Waals surface area contributed by atoms with Gasteiger partial charge in [-0.1, -0.05) is 6.07 Å². The van der Waals surface area contributed by atoms with Crippen LogP contribution in [0, 0.1) is 11.3 Å². The van der Waals surface area contributed by atoms with Crippen molar-refractivity contribution in [3.8, 4) is 11.8 Å². The summed E-state index contributed by atoms with van der Waals surface area (Å²) in [5.41, 5.74) is 6.66. The van der Waals surface area contributed by atoms with E-state index in [9.17, 15) is 9.90 Å². The number of hydrogen-bond acceptors (Lipinski definition) is 5. The van der Waals surface area contributed by atoms with Crippen molar-refractivity contribution in [3.05, 3.63) is 28.8 Å². The van der Waals surface area contributed by atoms with Gasteiger partial charge in [-0.05, 0) is 17.2 Å². The molecule has 84 valence electrons. The number of ether oxygens (including phenoxy) is 1. The number of aromatic hydroxyl groups is 1. The average molecular weight is 220 g/mol. The first kappa shape index (κ1) is 12.0. The van der Waals surface area contributed by atoms with E-state index in [2.05, 4.69) is 4.74 Å². The Balaban J connectivity index is 3.26. The highest BCUT2D eigenvalue weighted by Crippen LogP contribution is 2.24. The van der Waals surface area contributed by atoms with Gasteiger partial charge >= 0.3 is 5.97 Å². The van der Waals surface area contributed by atoms with Crippen molar-refractivity contribution in [2.75, 3.05) is 7.11 Å². The molecule has 0 aliphatic carbocycles. The van der Waals surface area contributed by atoms with Gasteiger partial charge in [-0.15, -0.1) is 0 Å². The number of phenols is 1. The zero-order chi connectivity index (χ0) is 12.1. The smallest absolute Gasteiger partial charge is 0.310 e. The Kier molecular flexibility index (Phi) is 3.86. The number of benzene rings is 1. The fraction of sp³-hybridized carbons (Fsp3) is 0.273. The molecule has 0 radical (unpaired) electrons. The van der Waals surface area contributed by atoms with Crippen molar-refractivity contribution in [2.45, 2.75) is 13.0 Å². The molecule has 0 amide bonds. The first-order chi connectivity index (χ1) is 7.63. The summed E-state index contributed by atoms with van der Waals surface area (Å²) in [6.45, 7) is 0.196. The van der Waals surface area contributed by atoms with E-state index in [1.54, 1.807) is 6.07 Å². The Morgan fingerprint density at radius 1 is 1.62 bits per heavy atom. The number of phenolic OH excluding ortho intramolecular Hbond substituents is 1. The number of carbonyl (C=O) groups excluding carboxylic acids is 1. The second kappa shape index (κ2) is 5.14. The van der Waals surface area contributed by atoms with Gasteiger partial charge in [0.1, 0.15) is 11.8 Å². The highest BCUT2D eigenvalue weighted by molar-refractivity contribution is 5.74. The molecule has 0 fully saturated rings. The molecule has 1 aromatic rings. The number of nitrogens with zero attached hydrogens (tertiary/aromatic N) is 1. The standard InChI is InChI=1S/C11H12N2O3/c1-16-11(15)4-8-7(5-12)2-3-10(14)9(8)6-13/h2-3,14H,4-5,12H2,1H3. The Morgan fingerprint density at radius 3 is 2.81 bits per heavy atom. The summed E-state index contributed by atoms with van der Waals surface area (Å²) in [4.78, 5) is 11.2. The van der Waals surface area contributed by atoms with Crippen LogP contribution in [0.15, 0.2) is 12.1 Å². The minimum atomic E-state index is -0.475. The minimum Gasteiger partial charge on any atom is -0.507 e. The lowest BCUT2D eigenvalue weighted by Gasteiger charge is -2.09. The lowest BCUT2D eigenvalue weighted by atomic mass is 9.98. The molecular weight excluding hydrogens is 208 g/mol. The van der Waals surface area contributed by atoms with Crippen molar-refractivity contribution in [3.63, 3.8) is 0 Å². The second-order valence-corrected chi connectivity index (χ2v) is 3.17. The maximum Gasteiger partial charge on any atom is 0.310 e. The van der Waals surface area contributed by atoms with Crippen LogP contribution in [0.2, 0.25) is 0 Å². The van der Waals surface area contributed by atoms with Gasteiger partial charge in [0.15, 0.2) is 0 Å². The first-order valence-electron chi connectivity index (χ1n) is 4.64. The maximum atomic E-state index is 11.2. The number of hydrogen-bond donors (Lipinski definition) is 2. The van der Waals surface area contributed by atoms with Gasteiger partial charge in [0.2, 0.25) is 0 Å². The maximum absolute atomic E-state index is 11.2. The summed E-state index contributed by atoms with van der Waals surface area (Å²) >= 11 is 0. The number of nitrogens with two attached hydrogens (primary N) is 1. The molecular formula is C11H12N2O3. The van der Waals surface area contributed by atoms with Gasteiger partial charge in [-0.2, -0.15) is 5.26 Å². The van der Waals surface area contributed by atoms with Crippen molar-refractivity contribution in [1.82, 2.24) is 0 Å². The summed E-state index contributed by atoms with van der Waals surface area (Å²) in [5, 5.41) is 18.4. The van der Waals surface area contributed by atoms with E-state index in [4.69, 9.17) is 11.0 Å². The Labute approximate surface area is 93.1 Å². The summed E-state index contributed by atoms with van der Waals surface area (Å²) in [6, 6.07) is 4.84. The monoisotopic (exact) mass is 220 g/mol. The van der Waals surface area contributed by atoms with Gasteiger partial charge in [0.25, 0.3) is 0 Å². The molecule has 0 aromatic heterocycles. The normalized spacial score (nSPS) is 9.56. The third-order valence-corrected chi connectivity index (χ3v) is 2.27. The zero-order valence-corrected chi connectivity index (χ0v) is 8.86. The van der Waals surface area contributed by atoms with E-state index >= 15 is 0 Å². The molecule has 0 saturated heterocycles. The summed E-state index contributed by atoms with van der Waals surface area (Å²) in [5.74, 6) is -0.629. The quantitative estimate of drug-likeness (QED) is 0.720. The third kappa shape index (κ3) is 2.30. The SMILES string of the molecule is COC(=O)Cc1c(CN)ccc(O)c1C#N. The minimum absolute atomic E-state index is 0.0691. The van der Waals surface area contributed by atoms with Crippen LogP contribution < -0.4 is 5.73 Å². The summed E-state index contributed by atoms with van der Waals surface area (Å²) in [6.07, 6.45) is -0.0691. The summed E-state index contributed by atoms with van der Waals surface area (Å²) in [7, 11) is 1.26. The molecule has 0 heterocycles. The molecule has 0 unspecified atom stereocenters. The van der Waals surface area contributed by atoms with Crippen LogP contribution in [0.4, 0.5) is 0 Å². The van der Waals surface area contributed by atoms with E-state index in [1.165, 1.54) is 13.2 Å². The Morgan fingerprint density at radius 2 is 2.31 bits per heavy atom. The third-order valence-electron chi connectivity index (χ3n) is 2.27. The van der Waals surface area contributed by atoms with Crippen LogP contribution in [-0.2, 0) is 22.5 Å². The number of esters is 1. The highest BCUT2D eigenvalue weighted by atomic mass is 16.5. The van der Waals surface area contributed by atoms with Crippen LogP contribution >= 0.6 is 0 Å². The van der Waals surface area contributed by atoms with Gasteiger partial charge in [-0.3, -0.25) is 4.79 Å². The Bertz CT molecular complexity index is 449. The average Bonchev–Trinajstić information content (AvgIpc) is 2.29. The van der Waals surface area contributed by atoms with Crippen LogP contribution in [0.3, 0.4) is 0 Å². The molecule has 0 aliphatic heterocycles. The lowest BCUT2D eigenvalue weighted by molar-refractivity contribution is -0.139. The molecule has 5 heteroatoms. The Hall–Kier alpha value is -2.06. The van der Waals surface area contributed by atoms with E-state index in [1.807, 2.05) is 6.07 Å². The highest BCUT2D eigenvalue weighted by Gasteiger charge is 2.15. The van der Waals surface area contributed by atoms with Gasteiger partial charge in [0, 0.05) is 6.54 Å². The fourth-order valence-corrected chi connectivity index (χ4v) is 1.41. The van der Waals surface area contributed by atoms with E-state index in [-0.39, 0.29) is 24.3 Å². The first-order valence-corrected chi connectivity index (χ1v) is 4.64. The molecule has 1 rings (SSSR count). The number of nitriles is 1. The largest absolute Gasteiger partial charge is 0.507 e. The molecule has 5 nitrogen and oxygen atoms in total. The predicted molar refractivity (Wildman–Crippen MR) is 56.4 cm³/mol. The molecule has 16 heavy (non-hydrogen) atoms. The molecule has 0 atom stereocenters. The van der Waals surface area contributed by atoms with Crippen molar-refractivity contribution in [2.24, 2.45) is 5.73 Å². The number of methoxy groups -OCH3 is 1. The van der Waals surface area contributed by atoms with Gasteiger partial charge < -0.3 is 15.6 Å². The van der Waals surface area contributed by atoms with Crippen molar-refractivity contribution < 1.29 is 14.6 Å². The fourth-order valence-electron chi connectivity index (χ4n) is 1.41. The van der Waals surface area contributed by atoms with Crippen molar-refractivity contribution >= 4 is 5.97 Å². The molecule has 0 spiro atoms. The molecule has 0 bridgehead atoms. The van der Waals surface area contributed by atoms with Gasteiger partial charge in [-0.25, -0.2) is 0 Å². The van der Waals surface area contributed by atoms with E-state index < -0.39 is 5.97 Å². The number of rotatable bonds is 3. The topological polar surface area (TPSA) is 96.3 Å². The van der Waals surface area contributed by atoms with Crippen LogP contribution in [0.5, 0.6) is 5.75 Å². The van der Waals surface area contributed by atoms with Gasteiger partial charge in [0.05, 0.1) is 19.1 Å². The molecule has 1 aromatic carbocycles. The van der Waals surface area contributed by atoms with E-state index in [0.29, 0.717) is 11.1 Å². The molecule has 3 N–H and O–H groups in total. The molecule has 0 aliphatic rings. The zero-order valence-electron chi connectivity index (χ0n) is 8.86. The molecule has 0 saturated carbocycles. The van der Waals surface area contributed by atoms with Crippen LogP contribution in [-0.4, -0.2) is 18.2 Å². The van der Waals surface area contributed by atoms with Crippen LogP contribution in [0.25, 0.3) is 0 Å². The lowest BCUT2D eigenvalue weighted by Crippen LogP contribution is -2.11. The summed E-state index contributed by atoms with van der Waals surface area (Å²) < 4.78 is 4.52. The second-order valence-electron chi connectivity index (χ2n) is 3.17. The predicted octanol–water partition coefficient (Wildman–Crippen LogP) is 0.438. The van der Waals surface area contributed by atoms with Crippen molar-refractivity contribution in [1.29, 1.82) is 5.26 Å². The number of carbonyl (C=O) groups is 1.